The summed E-state index contributed by atoms with van der Waals surface area (Å²) in [7, 11) is 0. The molecule has 0 aromatic carbocycles. The first kappa shape index (κ1) is 15.9. The molecule has 4 N–H and O–H groups in total. The van der Waals surface area contributed by atoms with E-state index in [0.29, 0.717) is 29.1 Å². The molecule has 0 aliphatic heterocycles. The van der Waals surface area contributed by atoms with E-state index in [4.69, 9.17) is 0 Å². The summed E-state index contributed by atoms with van der Waals surface area (Å²) in [5.74, 6) is 0.556. The Hall–Kier alpha value is -2.03. The zero-order valence-electron chi connectivity index (χ0n) is 13.2. The quantitative estimate of drug-likeness (QED) is 0.567. The highest BCUT2D eigenvalue weighted by atomic mass is 32.1. The summed E-state index contributed by atoms with van der Waals surface area (Å²) >= 11 is 1.41. The van der Waals surface area contributed by atoms with Crippen LogP contribution in [0.3, 0.4) is 0 Å². The third kappa shape index (κ3) is 3.49. The van der Waals surface area contributed by atoms with E-state index < -0.39 is 5.60 Å². The maximum Gasteiger partial charge on any atom is 0.268 e. The van der Waals surface area contributed by atoms with Gasteiger partial charge in [-0.25, -0.2) is 4.98 Å². The third-order valence-corrected chi connectivity index (χ3v) is 4.53. The molecule has 0 aliphatic rings. The van der Waals surface area contributed by atoms with Gasteiger partial charge < -0.3 is 15.4 Å². The van der Waals surface area contributed by atoms with Crippen molar-refractivity contribution in [2.45, 2.75) is 32.9 Å². The van der Waals surface area contributed by atoms with Crippen molar-refractivity contribution in [3.63, 3.8) is 0 Å². The number of aromatic nitrogens is 4. The van der Waals surface area contributed by atoms with Gasteiger partial charge in [-0.05, 0) is 26.8 Å². The summed E-state index contributed by atoms with van der Waals surface area (Å²) in [5.41, 5.74) is 1.66. The molecule has 0 aliphatic carbocycles. The van der Waals surface area contributed by atoms with Gasteiger partial charge in [0, 0.05) is 22.7 Å². The fraction of sp³-hybridized carbons (Fsp3) is 0.400. The van der Waals surface area contributed by atoms with E-state index in [1.165, 1.54) is 11.3 Å². The van der Waals surface area contributed by atoms with Crippen molar-refractivity contribution in [3.05, 3.63) is 34.1 Å². The van der Waals surface area contributed by atoms with Gasteiger partial charge in [0.2, 0.25) is 0 Å². The van der Waals surface area contributed by atoms with Gasteiger partial charge >= 0.3 is 0 Å². The normalized spacial score (nSPS) is 12.2. The van der Waals surface area contributed by atoms with E-state index in [9.17, 15) is 9.90 Å². The average Bonchev–Trinajstić information content (AvgIpc) is 3.03. The Morgan fingerprint density at radius 1 is 1.43 bits per heavy atom. The monoisotopic (exact) mass is 333 g/mol. The molecule has 8 heteroatoms. The molecule has 3 rings (SSSR count). The molecule has 0 saturated carbocycles. The second-order valence-electron chi connectivity index (χ2n) is 6.16. The lowest BCUT2D eigenvalue weighted by atomic mass is 10.1. The Balaban J connectivity index is 1.89. The molecule has 0 atom stereocenters. The highest BCUT2D eigenvalue weighted by Gasteiger charge is 2.14. The third-order valence-electron chi connectivity index (χ3n) is 3.38. The van der Waals surface area contributed by atoms with Crippen LogP contribution in [0.25, 0.3) is 20.7 Å². The summed E-state index contributed by atoms with van der Waals surface area (Å²) in [6, 6.07) is 1.91. The summed E-state index contributed by atoms with van der Waals surface area (Å²) in [6.45, 7) is 6.19. The zero-order chi connectivity index (χ0) is 16.6. The van der Waals surface area contributed by atoms with Crippen molar-refractivity contribution >= 4 is 21.6 Å². The number of fused-ring (bicyclic) bond motifs is 1. The first-order valence-corrected chi connectivity index (χ1v) is 8.11. The van der Waals surface area contributed by atoms with Gasteiger partial charge in [0.05, 0.1) is 23.9 Å². The van der Waals surface area contributed by atoms with Crippen molar-refractivity contribution in [3.8, 4) is 10.4 Å². The maximum absolute atomic E-state index is 12.2. The van der Waals surface area contributed by atoms with Crippen molar-refractivity contribution < 1.29 is 5.11 Å². The van der Waals surface area contributed by atoms with E-state index >= 15 is 0 Å². The van der Waals surface area contributed by atoms with Crippen LogP contribution >= 0.6 is 11.3 Å². The SMILES string of the molecule is Cc1[nH]ncc1-c1cc2nc(CNCC(C)(C)O)[nH]c(=O)c2s1. The Morgan fingerprint density at radius 3 is 2.87 bits per heavy atom. The topological polar surface area (TPSA) is 107 Å². The van der Waals surface area contributed by atoms with Crippen LogP contribution in [0.5, 0.6) is 0 Å². The molecule has 0 spiro atoms. The van der Waals surface area contributed by atoms with Gasteiger partial charge in [0.15, 0.2) is 0 Å². The summed E-state index contributed by atoms with van der Waals surface area (Å²) in [4.78, 5) is 20.5. The van der Waals surface area contributed by atoms with Gasteiger partial charge in [0.25, 0.3) is 5.56 Å². The fourth-order valence-electron chi connectivity index (χ4n) is 2.29. The number of H-pyrrole nitrogens is 2. The Morgan fingerprint density at radius 2 is 2.22 bits per heavy atom. The number of hydrogen-bond acceptors (Lipinski definition) is 6. The summed E-state index contributed by atoms with van der Waals surface area (Å²) < 4.78 is 0.604. The molecule has 0 saturated heterocycles. The summed E-state index contributed by atoms with van der Waals surface area (Å²) in [6.07, 6.45) is 1.75. The van der Waals surface area contributed by atoms with Crippen LogP contribution in [0.1, 0.15) is 25.4 Å². The van der Waals surface area contributed by atoms with Crippen LogP contribution in [0.4, 0.5) is 0 Å². The molecular formula is C15H19N5O2S. The number of hydrogen-bond donors (Lipinski definition) is 4. The van der Waals surface area contributed by atoms with Crippen LogP contribution in [-0.2, 0) is 6.54 Å². The van der Waals surface area contributed by atoms with E-state index in [1.807, 2.05) is 13.0 Å². The lowest BCUT2D eigenvalue weighted by Gasteiger charge is -2.17. The Kier molecular flexibility index (Phi) is 4.05. The van der Waals surface area contributed by atoms with E-state index in [1.54, 1.807) is 20.0 Å². The minimum absolute atomic E-state index is 0.146. The minimum Gasteiger partial charge on any atom is -0.389 e. The molecule has 0 radical (unpaired) electrons. The van der Waals surface area contributed by atoms with Gasteiger partial charge in [-0.15, -0.1) is 11.3 Å². The molecular weight excluding hydrogens is 314 g/mol. The van der Waals surface area contributed by atoms with Crippen molar-refractivity contribution in [2.24, 2.45) is 0 Å². The highest BCUT2D eigenvalue weighted by molar-refractivity contribution is 7.22. The lowest BCUT2D eigenvalue weighted by molar-refractivity contribution is 0.0793. The molecule has 7 nitrogen and oxygen atoms in total. The highest BCUT2D eigenvalue weighted by Crippen LogP contribution is 2.31. The minimum atomic E-state index is -0.807. The number of aromatic amines is 2. The van der Waals surface area contributed by atoms with Crippen LogP contribution in [0, 0.1) is 6.92 Å². The standard InChI is InChI=1S/C15H19N5O2S/c1-8-9(5-17-20-8)11-4-10-13(23-11)14(21)19-12(18-10)6-16-7-15(2,3)22/h4-5,16,22H,6-7H2,1-3H3,(H,17,20)(H,18,19,21). The maximum atomic E-state index is 12.2. The second-order valence-corrected chi connectivity index (χ2v) is 7.21. The number of aryl methyl sites for hydroxylation is 1. The van der Waals surface area contributed by atoms with Gasteiger partial charge in [-0.3, -0.25) is 9.89 Å². The number of nitrogens with zero attached hydrogens (tertiary/aromatic N) is 2. The number of aliphatic hydroxyl groups is 1. The molecule has 23 heavy (non-hydrogen) atoms. The molecule has 122 valence electrons. The van der Waals surface area contributed by atoms with Gasteiger partial charge in [-0.1, -0.05) is 0 Å². The molecule has 3 aromatic heterocycles. The van der Waals surface area contributed by atoms with E-state index in [-0.39, 0.29) is 5.56 Å². The second kappa shape index (κ2) is 5.88. The van der Waals surface area contributed by atoms with Crippen molar-refractivity contribution in [1.82, 2.24) is 25.5 Å². The first-order valence-electron chi connectivity index (χ1n) is 7.30. The molecule has 3 aromatic rings. The predicted molar refractivity (Wildman–Crippen MR) is 90.6 cm³/mol. The van der Waals surface area contributed by atoms with Crippen LogP contribution in [0.2, 0.25) is 0 Å². The van der Waals surface area contributed by atoms with Crippen LogP contribution < -0.4 is 10.9 Å². The van der Waals surface area contributed by atoms with Gasteiger partial charge in [-0.2, -0.15) is 5.10 Å². The molecule has 0 bridgehead atoms. The van der Waals surface area contributed by atoms with E-state index in [2.05, 4.69) is 25.5 Å². The predicted octanol–water partition coefficient (Wildman–Crippen LogP) is 1.54. The molecule has 0 amide bonds. The van der Waals surface area contributed by atoms with E-state index in [0.717, 1.165) is 16.1 Å². The first-order chi connectivity index (χ1) is 10.8. The lowest BCUT2D eigenvalue weighted by Crippen LogP contribution is -2.35. The zero-order valence-corrected chi connectivity index (χ0v) is 14.0. The van der Waals surface area contributed by atoms with Crippen LogP contribution in [-0.4, -0.2) is 37.4 Å². The molecule has 3 heterocycles. The van der Waals surface area contributed by atoms with Crippen LogP contribution in [0.15, 0.2) is 17.1 Å². The smallest absolute Gasteiger partial charge is 0.268 e. The largest absolute Gasteiger partial charge is 0.389 e. The van der Waals surface area contributed by atoms with Gasteiger partial charge in [0.1, 0.15) is 10.5 Å². The average molecular weight is 333 g/mol. The van der Waals surface area contributed by atoms with Crippen molar-refractivity contribution in [1.29, 1.82) is 0 Å². The number of rotatable bonds is 5. The number of nitrogens with one attached hydrogen (secondary N) is 3. The number of thiophene rings is 1. The molecule has 0 unspecified atom stereocenters. The fourth-order valence-corrected chi connectivity index (χ4v) is 3.35. The molecule has 0 fully saturated rings. The summed E-state index contributed by atoms with van der Waals surface area (Å²) in [5, 5.41) is 19.7. The Labute approximate surface area is 136 Å². The van der Waals surface area contributed by atoms with Crippen molar-refractivity contribution in [2.75, 3.05) is 6.54 Å². The Bertz CT molecular complexity index is 887.